The summed E-state index contributed by atoms with van der Waals surface area (Å²) >= 11 is 0. The number of ether oxygens (including phenoxy) is 1. The lowest BCUT2D eigenvalue weighted by Gasteiger charge is -2.42. The molecule has 1 rings (SSSR count). The largest absolute Gasteiger partial charge is 0.385 e. The number of sulfone groups is 1. The van der Waals surface area contributed by atoms with Crippen LogP contribution >= 0.6 is 0 Å². The molecule has 1 aliphatic rings. The minimum absolute atomic E-state index is 0.138. The molecule has 6 nitrogen and oxygen atoms in total. The lowest BCUT2D eigenvalue weighted by molar-refractivity contribution is 0.0733. The molecule has 1 aliphatic carbocycles. The van der Waals surface area contributed by atoms with Crippen LogP contribution in [0.5, 0.6) is 0 Å². The molecule has 1 saturated carbocycles. The molecular formula is C14H29N3O3S. The summed E-state index contributed by atoms with van der Waals surface area (Å²) in [5.74, 6) is 0.991. The van der Waals surface area contributed by atoms with Gasteiger partial charge in [-0.3, -0.25) is 4.99 Å². The molecule has 0 aromatic carbocycles. The van der Waals surface area contributed by atoms with E-state index in [-0.39, 0.29) is 11.5 Å². The quantitative estimate of drug-likeness (QED) is 0.485. The smallest absolute Gasteiger partial charge is 0.191 e. The minimum Gasteiger partial charge on any atom is -0.385 e. The van der Waals surface area contributed by atoms with Crippen molar-refractivity contribution in [2.45, 2.75) is 32.6 Å². The zero-order valence-electron chi connectivity index (χ0n) is 13.4. The molecule has 0 saturated heterocycles. The molecule has 124 valence electrons. The van der Waals surface area contributed by atoms with E-state index in [4.69, 9.17) is 4.74 Å². The zero-order chi connectivity index (χ0) is 15.8. The first-order chi connectivity index (χ1) is 9.97. The molecule has 7 heteroatoms. The molecule has 0 unspecified atom stereocenters. The Morgan fingerprint density at radius 2 is 2.05 bits per heavy atom. The van der Waals surface area contributed by atoms with Crippen molar-refractivity contribution in [3.63, 3.8) is 0 Å². The maximum Gasteiger partial charge on any atom is 0.191 e. The normalized spacial score (nSPS) is 18.1. The van der Waals surface area contributed by atoms with Gasteiger partial charge < -0.3 is 15.4 Å². The van der Waals surface area contributed by atoms with Crippen LogP contribution in [0.1, 0.15) is 32.6 Å². The average Bonchev–Trinajstić information content (AvgIpc) is 2.43. The van der Waals surface area contributed by atoms with Gasteiger partial charge in [0.25, 0.3) is 0 Å². The van der Waals surface area contributed by atoms with E-state index in [1.165, 1.54) is 19.3 Å². The Labute approximate surface area is 128 Å². The standard InChI is InChI=1S/C14H29N3O3S/c1-4-21(18,19)11-9-16-13(15-2)17-12-14(6-5-7-14)8-10-20-3/h4-12H2,1-3H3,(H2,15,16,17). The molecule has 0 radical (unpaired) electrons. The molecule has 0 atom stereocenters. The number of methoxy groups -OCH3 is 1. The molecule has 0 heterocycles. The summed E-state index contributed by atoms with van der Waals surface area (Å²) in [5, 5.41) is 6.38. The molecule has 0 aromatic heterocycles. The van der Waals surface area contributed by atoms with E-state index in [2.05, 4.69) is 15.6 Å². The van der Waals surface area contributed by atoms with Crippen molar-refractivity contribution < 1.29 is 13.2 Å². The van der Waals surface area contributed by atoms with Gasteiger partial charge in [0.1, 0.15) is 0 Å². The van der Waals surface area contributed by atoms with Crippen LogP contribution in [-0.2, 0) is 14.6 Å². The van der Waals surface area contributed by atoms with Crippen molar-refractivity contribution in [2.24, 2.45) is 10.4 Å². The number of hydrogen-bond acceptors (Lipinski definition) is 4. The molecule has 21 heavy (non-hydrogen) atoms. The van der Waals surface area contributed by atoms with Gasteiger partial charge in [0.15, 0.2) is 15.8 Å². The second kappa shape index (κ2) is 8.58. The third-order valence-corrected chi connectivity index (χ3v) is 5.96. The first-order valence-electron chi connectivity index (χ1n) is 7.61. The fourth-order valence-corrected chi connectivity index (χ4v) is 3.17. The molecule has 0 aliphatic heterocycles. The maximum atomic E-state index is 11.4. The topological polar surface area (TPSA) is 79.8 Å². The molecule has 2 N–H and O–H groups in total. The van der Waals surface area contributed by atoms with Crippen LogP contribution < -0.4 is 10.6 Å². The highest BCUT2D eigenvalue weighted by Gasteiger charge is 2.36. The molecule has 0 spiro atoms. The highest BCUT2D eigenvalue weighted by Crippen LogP contribution is 2.43. The second-order valence-electron chi connectivity index (χ2n) is 5.69. The number of rotatable bonds is 9. The van der Waals surface area contributed by atoms with Crippen molar-refractivity contribution in [2.75, 3.05) is 45.4 Å². The third-order valence-electron chi connectivity index (χ3n) is 4.25. The van der Waals surface area contributed by atoms with E-state index in [1.54, 1.807) is 21.1 Å². The van der Waals surface area contributed by atoms with E-state index < -0.39 is 9.84 Å². The summed E-state index contributed by atoms with van der Waals surface area (Å²) in [5.41, 5.74) is 0.309. The van der Waals surface area contributed by atoms with Gasteiger partial charge in [0, 0.05) is 39.6 Å². The number of guanidine groups is 1. The van der Waals surface area contributed by atoms with E-state index in [1.807, 2.05) is 0 Å². The number of aliphatic imine (C=N–C) groups is 1. The van der Waals surface area contributed by atoms with Gasteiger partial charge in [-0.05, 0) is 24.7 Å². The van der Waals surface area contributed by atoms with Crippen LogP contribution in [0.2, 0.25) is 0 Å². The molecule has 0 bridgehead atoms. The number of nitrogens with one attached hydrogen (secondary N) is 2. The van der Waals surface area contributed by atoms with Crippen LogP contribution in [0.15, 0.2) is 4.99 Å². The molecule has 0 aromatic rings. The molecule has 1 fully saturated rings. The van der Waals surface area contributed by atoms with Gasteiger partial charge in [-0.1, -0.05) is 13.3 Å². The van der Waals surface area contributed by atoms with Crippen LogP contribution in [0, 0.1) is 5.41 Å². The van der Waals surface area contributed by atoms with Crippen LogP contribution in [-0.4, -0.2) is 59.7 Å². The van der Waals surface area contributed by atoms with Crippen molar-refractivity contribution in [1.29, 1.82) is 0 Å². The minimum atomic E-state index is -2.93. The van der Waals surface area contributed by atoms with E-state index in [0.717, 1.165) is 19.6 Å². The highest BCUT2D eigenvalue weighted by molar-refractivity contribution is 7.91. The lowest BCUT2D eigenvalue weighted by atomic mass is 9.67. The third kappa shape index (κ3) is 6.22. The van der Waals surface area contributed by atoms with E-state index >= 15 is 0 Å². The first kappa shape index (κ1) is 18.2. The molecular weight excluding hydrogens is 290 g/mol. The van der Waals surface area contributed by atoms with Gasteiger partial charge in [-0.2, -0.15) is 0 Å². The highest BCUT2D eigenvalue weighted by atomic mass is 32.2. The average molecular weight is 319 g/mol. The number of hydrogen-bond donors (Lipinski definition) is 2. The second-order valence-corrected chi connectivity index (χ2v) is 8.16. The van der Waals surface area contributed by atoms with Gasteiger partial charge >= 0.3 is 0 Å². The van der Waals surface area contributed by atoms with Gasteiger partial charge in [-0.25, -0.2) is 8.42 Å². The van der Waals surface area contributed by atoms with E-state index in [9.17, 15) is 8.42 Å². The Morgan fingerprint density at radius 1 is 1.33 bits per heavy atom. The van der Waals surface area contributed by atoms with Crippen molar-refractivity contribution >= 4 is 15.8 Å². The van der Waals surface area contributed by atoms with Crippen molar-refractivity contribution in [3.05, 3.63) is 0 Å². The summed E-state index contributed by atoms with van der Waals surface area (Å²) in [4.78, 5) is 4.14. The summed E-state index contributed by atoms with van der Waals surface area (Å²) in [7, 11) is 0.497. The molecule has 0 amide bonds. The Hall–Kier alpha value is -0.820. The summed E-state index contributed by atoms with van der Waals surface area (Å²) in [6.45, 7) is 3.69. The van der Waals surface area contributed by atoms with Crippen LogP contribution in [0.3, 0.4) is 0 Å². The Kier molecular flexibility index (Phi) is 7.45. The number of nitrogens with zero attached hydrogens (tertiary/aromatic N) is 1. The predicted octanol–water partition coefficient (Wildman–Crippen LogP) is 0.793. The predicted molar refractivity (Wildman–Crippen MR) is 86.5 cm³/mol. The summed E-state index contributed by atoms with van der Waals surface area (Å²) in [6.07, 6.45) is 4.75. The Morgan fingerprint density at radius 3 is 2.52 bits per heavy atom. The monoisotopic (exact) mass is 319 g/mol. The van der Waals surface area contributed by atoms with Crippen molar-refractivity contribution in [3.8, 4) is 0 Å². The summed E-state index contributed by atoms with van der Waals surface area (Å²) in [6, 6.07) is 0. The van der Waals surface area contributed by atoms with Gasteiger partial charge in [0.05, 0.1) is 5.75 Å². The Balaban J connectivity index is 2.34. The van der Waals surface area contributed by atoms with Crippen molar-refractivity contribution in [1.82, 2.24) is 10.6 Å². The van der Waals surface area contributed by atoms with Crippen LogP contribution in [0.4, 0.5) is 0 Å². The van der Waals surface area contributed by atoms with E-state index in [0.29, 0.717) is 17.9 Å². The first-order valence-corrected chi connectivity index (χ1v) is 9.43. The SMILES string of the molecule is CCS(=O)(=O)CCNC(=NC)NCC1(CCOC)CCC1. The van der Waals surface area contributed by atoms with Gasteiger partial charge in [-0.15, -0.1) is 0 Å². The maximum absolute atomic E-state index is 11.4. The lowest BCUT2D eigenvalue weighted by Crippen LogP contribution is -2.47. The Bertz CT molecular complexity index is 431. The summed E-state index contributed by atoms with van der Waals surface area (Å²) < 4.78 is 28.1. The fraction of sp³-hybridized carbons (Fsp3) is 0.929. The van der Waals surface area contributed by atoms with Gasteiger partial charge in [0.2, 0.25) is 0 Å². The van der Waals surface area contributed by atoms with Crippen LogP contribution in [0.25, 0.3) is 0 Å². The fourth-order valence-electron chi connectivity index (χ4n) is 2.47. The zero-order valence-corrected chi connectivity index (χ0v) is 14.3.